The lowest BCUT2D eigenvalue weighted by Crippen LogP contribution is -2.29. The maximum Gasteiger partial charge on any atom is 0.300 e. The molecule has 0 aromatic heterocycles. The maximum atomic E-state index is 14.9. The molecular formula is C26H22FNO4. The van der Waals surface area contributed by atoms with Gasteiger partial charge in [-0.2, -0.15) is 0 Å². The van der Waals surface area contributed by atoms with Crippen molar-refractivity contribution >= 4 is 23.1 Å². The third-order valence-corrected chi connectivity index (χ3v) is 5.61. The SMILES string of the molecule is CCc1ccc(/C(O)=C2\C(=O)C(=O)N(c3cccc(OC)c3)C2c2ccccc2F)cc1. The number of aryl methyl sites for hydroxylation is 1. The van der Waals surface area contributed by atoms with Crippen molar-refractivity contribution < 1.29 is 23.8 Å². The van der Waals surface area contributed by atoms with E-state index in [9.17, 15) is 19.1 Å². The average molecular weight is 431 g/mol. The first-order valence-electron chi connectivity index (χ1n) is 10.2. The molecule has 0 saturated carbocycles. The van der Waals surface area contributed by atoms with Crippen molar-refractivity contribution in [2.75, 3.05) is 12.0 Å². The Kier molecular flexibility index (Phi) is 5.77. The Hall–Kier alpha value is -3.93. The number of ketones is 1. The number of methoxy groups -OCH3 is 1. The van der Waals surface area contributed by atoms with Crippen molar-refractivity contribution in [2.24, 2.45) is 0 Å². The van der Waals surface area contributed by atoms with E-state index in [4.69, 9.17) is 4.74 Å². The maximum absolute atomic E-state index is 14.9. The standard InChI is InChI=1S/C26H22FNO4/c1-3-16-11-13-17(14-12-16)24(29)22-23(20-9-4-5-10-21(20)27)28(26(31)25(22)30)18-7-6-8-19(15-18)32-2/h4-15,23,29H,3H2,1-2H3/b24-22+. The van der Waals surface area contributed by atoms with Crippen LogP contribution in [-0.4, -0.2) is 23.9 Å². The number of nitrogens with zero attached hydrogens (tertiary/aromatic N) is 1. The minimum absolute atomic E-state index is 0.112. The molecule has 5 nitrogen and oxygen atoms in total. The van der Waals surface area contributed by atoms with Gasteiger partial charge < -0.3 is 9.84 Å². The van der Waals surface area contributed by atoms with Crippen molar-refractivity contribution in [3.05, 3.63) is 101 Å². The van der Waals surface area contributed by atoms with Crippen LogP contribution in [-0.2, 0) is 16.0 Å². The van der Waals surface area contributed by atoms with Crippen molar-refractivity contribution in [3.8, 4) is 5.75 Å². The summed E-state index contributed by atoms with van der Waals surface area (Å²) in [5.41, 5.74) is 1.75. The highest BCUT2D eigenvalue weighted by molar-refractivity contribution is 6.51. The van der Waals surface area contributed by atoms with Gasteiger partial charge in [-0.05, 0) is 30.2 Å². The molecule has 0 aliphatic carbocycles. The van der Waals surface area contributed by atoms with Crippen molar-refractivity contribution in [1.29, 1.82) is 0 Å². The fraction of sp³-hybridized carbons (Fsp3) is 0.154. The number of anilines is 1. The monoisotopic (exact) mass is 431 g/mol. The molecule has 6 heteroatoms. The van der Waals surface area contributed by atoms with E-state index in [-0.39, 0.29) is 16.9 Å². The predicted octanol–water partition coefficient (Wildman–Crippen LogP) is 5.02. The van der Waals surface area contributed by atoms with E-state index in [1.54, 1.807) is 42.5 Å². The predicted molar refractivity (Wildman–Crippen MR) is 120 cm³/mol. The quantitative estimate of drug-likeness (QED) is 0.350. The Balaban J connectivity index is 1.94. The first-order valence-corrected chi connectivity index (χ1v) is 10.2. The Bertz CT molecular complexity index is 1220. The molecule has 3 aromatic carbocycles. The molecule has 0 radical (unpaired) electrons. The van der Waals surface area contributed by atoms with Gasteiger partial charge in [-0.1, -0.05) is 55.5 Å². The minimum Gasteiger partial charge on any atom is -0.507 e. The van der Waals surface area contributed by atoms with Crippen LogP contribution in [0.1, 0.15) is 29.7 Å². The van der Waals surface area contributed by atoms with Crippen LogP contribution in [0.4, 0.5) is 10.1 Å². The van der Waals surface area contributed by atoms with E-state index in [1.807, 2.05) is 19.1 Å². The first-order chi connectivity index (χ1) is 15.5. The molecule has 162 valence electrons. The van der Waals surface area contributed by atoms with Crippen LogP contribution in [0.25, 0.3) is 5.76 Å². The van der Waals surface area contributed by atoms with Gasteiger partial charge in [-0.3, -0.25) is 14.5 Å². The smallest absolute Gasteiger partial charge is 0.300 e. The number of aliphatic hydroxyl groups excluding tert-OH is 1. The van der Waals surface area contributed by atoms with E-state index in [0.717, 1.165) is 12.0 Å². The average Bonchev–Trinajstić information content (AvgIpc) is 3.09. The number of aliphatic hydroxyl groups is 1. The summed E-state index contributed by atoms with van der Waals surface area (Å²) in [5.74, 6) is -2.17. The van der Waals surface area contributed by atoms with Gasteiger partial charge in [0.2, 0.25) is 0 Å². The number of hydrogen-bond acceptors (Lipinski definition) is 4. The Morgan fingerprint density at radius 2 is 1.75 bits per heavy atom. The summed E-state index contributed by atoms with van der Waals surface area (Å²) in [6.45, 7) is 2.01. The summed E-state index contributed by atoms with van der Waals surface area (Å²) in [6, 6.07) is 18.4. The van der Waals surface area contributed by atoms with Crippen LogP contribution < -0.4 is 9.64 Å². The van der Waals surface area contributed by atoms with Crippen molar-refractivity contribution in [2.45, 2.75) is 19.4 Å². The molecule has 3 aromatic rings. The number of benzene rings is 3. The number of halogens is 1. The highest BCUT2D eigenvalue weighted by atomic mass is 19.1. The summed E-state index contributed by atoms with van der Waals surface area (Å²) < 4.78 is 20.1. The fourth-order valence-corrected chi connectivity index (χ4v) is 3.90. The van der Waals surface area contributed by atoms with Gasteiger partial charge in [-0.25, -0.2) is 4.39 Å². The van der Waals surface area contributed by atoms with Gasteiger partial charge in [0.05, 0.1) is 18.7 Å². The number of rotatable bonds is 5. The first kappa shape index (κ1) is 21.3. The zero-order chi connectivity index (χ0) is 22.8. The van der Waals surface area contributed by atoms with Gasteiger partial charge in [0.25, 0.3) is 11.7 Å². The zero-order valence-electron chi connectivity index (χ0n) is 17.7. The van der Waals surface area contributed by atoms with E-state index in [0.29, 0.717) is 17.0 Å². The highest BCUT2D eigenvalue weighted by Crippen LogP contribution is 2.43. The Labute approximate surface area is 185 Å². The van der Waals surface area contributed by atoms with E-state index < -0.39 is 23.5 Å². The van der Waals surface area contributed by atoms with Crippen LogP contribution in [0.3, 0.4) is 0 Å². The van der Waals surface area contributed by atoms with Crippen LogP contribution in [0.15, 0.2) is 78.4 Å². The largest absolute Gasteiger partial charge is 0.507 e. The second kappa shape index (κ2) is 8.67. The molecule has 1 unspecified atom stereocenters. The second-order valence-corrected chi connectivity index (χ2v) is 7.44. The molecule has 1 fully saturated rings. The normalized spacial score (nSPS) is 17.6. The fourth-order valence-electron chi connectivity index (χ4n) is 3.90. The molecular weight excluding hydrogens is 409 g/mol. The molecule has 1 aliphatic rings. The van der Waals surface area contributed by atoms with E-state index in [1.165, 1.54) is 30.2 Å². The van der Waals surface area contributed by atoms with E-state index in [2.05, 4.69) is 0 Å². The van der Waals surface area contributed by atoms with Gasteiger partial charge in [0.1, 0.15) is 17.3 Å². The second-order valence-electron chi connectivity index (χ2n) is 7.44. The lowest BCUT2D eigenvalue weighted by molar-refractivity contribution is -0.132. The summed E-state index contributed by atoms with van der Waals surface area (Å²) in [7, 11) is 1.49. The molecule has 1 N–H and O–H groups in total. The third kappa shape index (κ3) is 3.64. The lowest BCUT2D eigenvalue weighted by atomic mass is 9.94. The molecule has 1 saturated heterocycles. The van der Waals surface area contributed by atoms with Gasteiger partial charge in [-0.15, -0.1) is 0 Å². The van der Waals surface area contributed by atoms with Crippen LogP contribution in [0, 0.1) is 5.82 Å². The number of Topliss-reactive ketones (excluding diaryl/α,β-unsaturated/α-hetero) is 1. The summed E-state index contributed by atoms with van der Waals surface area (Å²) in [5, 5.41) is 11.1. The molecule has 32 heavy (non-hydrogen) atoms. The van der Waals surface area contributed by atoms with Gasteiger partial charge >= 0.3 is 0 Å². The summed E-state index contributed by atoms with van der Waals surface area (Å²) in [6.07, 6.45) is 0.816. The van der Waals surface area contributed by atoms with Crippen LogP contribution in [0.5, 0.6) is 5.75 Å². The number of carbonyl (C=O) groups excluding carboxylic acids is 2. The van der Waals surface area contributed by atoms with E-state index >= 15 is 0 Å². The molecule has 0 bridgehead atoms. The van der Waals surface area contributed by atoms with Crippen molar-refractivity contribution in [1.82, 2.24) is 0 Å². The summed E-state index contributed by atoms with van der Waals surface area (Å²) in [4.78, 5) is 27.4. The van der Waals surface area contributed by atoms with Gasteiger partial charge in [0, 0.05) is 22.9 Å². The number of amides is 1. The topological polar surface area (TPSA) is 66.8 Å². The van der Waals surface area contributed by atoms with Crippen molar-refractivity contribution in [3.63, 3.8) is 0 Å². The number of hydrogen-bond donors (Lipinski definition) is 1. The van der Waals surface area contributed by atoms with Crippen LogP contribution in [0.2, 0.25) is 0 Å². The minimum atomic E-state index is -1.13. The van der Waals surface area contributed by atoms with Crippen LogP contribution >= 0.6 is 0 Å². The number of ether oxygens (including phenoxy) is 1. The molecule has 4 rings (SSSR count). The summed E-state index contributed by atoms with van der Waals surface area (Å²) >= 11 is 0. The Morgan fingerprint density at radius 1 is 1.03 bits per heavy atom. The highest BCUT2D eigenvalue weighted by Gasteiger charge is 2.47. The molecule has 0 spiro atoms. The lowest BCUT2D eigenvalue weighted by Gasteiger charge is -2.26. The third-order valence-electron chi connectivity index (χ3n) is 5.61. The Morgan fingerprint density at radius 3 is 2.41 bits per heavy atom. The molecule has 1 atom stereocenters. The zero-order valence-corrected chi connectivity index (χ0v) is 17.7. The van der Waals surface area contributed by atoms with Gasteiger partial charge in [0.15, 0.2) is 0 Å². The molecule has 1 amide bonds. The number of carbonyl (C=O) groups is 2. The molecule has 1 heterocycles. The molecule has 1 aliphatic heterocycles.